The molecule has 4 unspecified atom stereocenters. The zero-order chi connectivity index (χ0) is 18.7. The van der Waals surface area contributed by atoms with E-state index in [1.54, 1.807) is 6.08 Å². The Morgan fingerprint density at radius 3 is 2.64 bits per heavy atom. The van der Waals surface area contributed by atoms with Crippen molar-refractivity contribution >= 4 is 5.97 Å². The minimum atomic E-state index is -0.829. The number of aliphatic carboxylic acids is 1. The third-order valence-corrected chi connectivity index (χ3v) is 6.79. The van der Waals surface area contributed by atoms with Crippen molar-refractivity contribution in [3.05, 3.63) is 23.3 Å². The summed E-state index contributed by atoms with van der Waals surface area (Å²) in [5.41, 5.74) is 0.916. The lowest BCUT2D eigenvalue weighted by atomic mass is 9.63. The molecule has 0 aliphatic heterocycles. The molecule has 5 nitrogen and oxygen atoms in total. The van der Waals surface area contributed by atoms with E-state index in [-0.39, 0.29) is 42.5 Å². The van der Waals surface area contributed by atoms with Crippen molar-refractivity contribution in [1.82, 2.24) is 0 Å². The van der Waals surface area contributed by atoms with Gasteiger partial charge < -0.3 is 20.4 Å². The van der Waals surface area contributed by atoms with Crippen molar-refractivity contribution in [3.8, 4) is 0 Å². The highest BCUT2D eigenvalue weighted by Gasteiger charge is 2.58. The van der Waals surface area contributed by atoms with E-state index in [1.807, 2.05) is 6.08 Å². The Kier molecular flexibility index (Phi) is 6.46. The molecule has 1 saturated carbocycles. The number of carboxylic acid groups (broad SMARTS) is 1. The van der Waals surface area contributed by atoms with E-state index in [4.69, 9.17) is 5.11 Å². The maximum absolute atomic E-state index is 11.5. The Hall–Kier alpha value is -1.17. The molecule has 0 aromatic carbocycles. The van der Waals surface area contributed by atoms with Crippen molar-refractivity contribution in [1.29, 1.82) is 0 Å². The summed E-state index contributed by atoms with van der Waals surface area (Å²) in [5.74, 6) is -0.290. The molecular formula is C20H32O5. The molecule has 4 atom stereocenters. The van der Waals surface area contributed by atoms with Gasteiger partial charge in [0.1, 0.15) is 0 Å². The second kappa shape index (κ2) is 8.02. The summed E-state index contributed by atoms with van der Waals surface area (Å²) in [6.45, 7) is 4.24. The molecule has 0 aromatic rings. The van der Waals surface area contributed by atoms with E-state index >= 15 is 0 Å². The lowest BCUT2D eigenvalue weighted by Crippen LogP contribution is -2.39. The Labute approximate surface area is 150 Å². The van der Waals surface area contributed by atoms with Crippen molar-refractivity contribution in [2.24, 2.45) is 22.7 Å². The molecule has 0 saturated heterocycles. The van der Waals surface area contributed by atoms with Crippen LogP contribution in [0.2, 0.25) is 0 Å². The fourth-order valence-electron chi connectivity index (χ4n) is 5.54. The molecule has 1 fully saturated rings. The van der Waals surface area contributed by atoms with E-state index in [1.165, 1.54) is 0 Å². The quantitative estimate of drug-likeness (QED) is 0.528. The zero-order valence-corrected chi connectivity index (χ0v) is 15.4. The number of hydrogen-bond acceptors (Lipinski definition) is 4. The standard InChI is InChI=1S/C20H32O5/c1-14-10-19(2)11-16(18(24)25)4-3-5-17(19)20(14,13-23)8-6-15(12-22)7-9-21/h4,7,14,17,21-23H,3,5-6,8-13H2,1-2H3,(H,24,25). The summed E-state index contributed by atoms with van der Waals surface area (Å²) >= 11 is 0. The Morgan fingerprint density at radius 1 is 1.36 bits per heavy atom. The number of hydrogen-bond donors (Lipinski definition) is 4. The molecule has 0 spiro atoms. The average Bonchev–Trinajstić information content (AvgIpc) is 2.68. The monoisotopic (exact) mass is 352 g/mol. The second-order valence-corrected chi connectivity index (χ2v) is 8.19. The van der Waals surface area contributed by atoms with Crippen LogP contribution in [0.25, 0.3) is 0 Å². The molecule has 2 aliphatic carbocycles. The highest BCUT2D eigenvalue weighted by atomic mass is 16.4. The van der Waals surface area contributed by atoms with Gasteiger partial charge in [-0.2, -0.15) is 0 Å². The smallest absolute Gasteiger partial charge is 0.331 e. The first-order valence-electron chi connectivity index (χ1n) is 9.26. The molecule has 0 heterocycles. The van der Waals surface area contributed by atoms with Crippen molar-refractivity contribution in [2.45, 2.75) is 52.4 Å². The number of carbonyl (C=O) groups is 1. The van der Waals surface area contributed by atoms with Crippen molar-refractivity contribution < 1.29 is 25.2 Å². The number of fused-ring (bicyclic) bond motifs is 1. The van der Waals surface area contributed by atoms with Gasteiger partial charge in [-0.05, 0) is 66.8 Å². The number of aliphatic hydroxyl groups is 3. The summed E-state index contributed by atoms with van der Waals surface area (Å²) < 4.78 is 0. The topological polar surface area (TPSA) is 98.0 Å². The van der Waals surface area contributed by atoms with Crippen LogP contribution in [-0.2, 0) is 4.79 Å². The lowest BCUT2D eigenvalue weighted by molar-refractivity contribution is -0.133. The van der Waals surface area contributed by atoms with Crippen LogP contribution in [0.1, 0.15) is 52.4 Å². The normalized spacial score (nSPS) is 35.9. The maximum atomic E-state index is 11.5. The van der Waals surface area contributed by atoms with Crippen LogP contribution in [0.5, 0.6) is 0 Å². The van der Waals surface area contributed by atoms with Gasteiger partial charge in [-0.25, -0.2) is 4.79 Å². The van der Waals surface area contributed by atoms with E-state index < -0.39 is 5.97 Å². The summed E-state index contributed by atoms with van der Waals surface area (Å²) in [4.78, 5) is 11.5. The second-order valence-electron chi connectivity index (χ2n) is 8.19. The van der Waals surface area contributed by atoms with Crippen LogP contribution in [0.4, 0.5) is 0 Å². The van der Waals surface area contributed by atoms with E-state index in [0.717, 1.165) is 31.3 Å². The van der Waals surface area contributed by atoms with E-state index in [9.17, 15) is 20.1 Å². The molecule has 25 heavy (non-hydrogen) atoms. The third-order valence-electron chi connectivity index (χ3n) is 6.79. The van der Waals surface area contributed by atoms with Crippen LogP contribution >= 0.6 is 0 Å². The Bertz CT molecular complexity index is 552. The molecule has 0 amide bonds. The predicted octanol–water partition coefficient (Wildman–Crippen LogP) is 2.51. The van der Waals surface area contributed by atoms with Gasteiger partial charge in [0.05, 0.1) is 13.2 Å². The minimum absolute atomic E-state index is 0.0780. The third kappa shape index (κ3) is 3.83. The van der Waals surface area contributed by atoms with Gasteiger partial charge >= 0.3 is 5.97 Å². The summed E-state index contributed by atoms with van der Waals surface area (Å²) in [6.07, 6.45) is 7.96. The van der Waals surface area contributed by atoms with Gasteiger partial charge in [0.25, 0.3) is 0 Å². The van der Waals surface area contributed by atoms with E-state index in [0.29, 0.717) is 18.4 Å². The highest BCUT2D eigenvalue weighted by molar-refractivity contribution is 5.86. The van der Waals surface area contributed by atoms with Crippen LogP contribution in [0.15, 0.2) is 23.3 Å². The zero-order valence-electron chi connectivity index (χ0n) is 15.4. The van der Waals surface area contributed by atoms with Gasteiger partial charge in [-0.3, -0.25) is 0 Å². The van der Waals surface area contributed by atoms with Gasteiger partial charge in [0.15, 0.2) is 0 Å². The minimum Gasteiger partial charge on any atom is -0.478 e. The molecule has 2 aliphatic rings. The van der Waals surface area contributed by atoms with Gasteiger partial charge in [0, 0.05) is 12.2 Å². The van der Waals surface area contributed by atoms with Crippen LogP contribution in [0, 0.1) is 22.7 Å². The summed E-state index contributed by atoms with van der Waals surface area (Å²) in [7, 11) is 0. The van der Waals surface area contributed by atoms with Gasteiger partial charge in [-0.15, -0.1) is 0 Å². The number of carboxylic acids is 1. The van der Waals surface area contributed by atoms with Crippen LogP contribution in [-0.4, -0.2) is 46.2 Å². The Balaban J connectivity index is 2.27. The number of aliphatic hydroxyl groups excluding tert-OH is 3. The lowest BCUT2D eigenvalue weighted by Gasteiger charge is -2.42. The first-order valence-corrected chi connectivity index (χ1v) is 9.26. The van der Waals surface area contributed by atoms with Gasteiger partial charge in [0.2, 0.25) is 0 Å². The predicted molar refractivity (Wildman–Crippen MR) is 96.0 cm³/mol. The first kappa shape index (κ1) is 20.1. The molecule has 0 aromatic heterocycles. The molecule has 0 radical (unpaired) electrons. The first-order chi connectivity index (χ1) is 11.8. The van der Waals surface area contributed by atoms with Crippen LogP contribution < -0.4 is 0 Å². The molecular weight excluding hydrogens is 320 g/mol. The Morgan fingerprint density at radius 2 is 2.08 bits per heavy atom. The highest BCUT2D eigenvalue weighted by Crippen LogP contribution is 2.63. The SMILES string of the molecule is CC1CC2(C)CC(C(=O)O)=CCCC2C1(CO)CCC(=CCO)CO. The van der Waals surface area contributed by atoms with Gasteiger partial charge in [-0.1, -0.05) is 26.0 Å². The molecule has 142 valence electrons. The fraction of sp³-hybridized carbons (Fsp3) is 0.750. The summed E-state index contributed by atoms with van der Waals surface area (Å²) in [6, 6.07) is 0. The fourth-order valence-corrected chi connectivity index (χ4v) is 5.54. The maximum Gasteiger partial charge on any atom is 0.331 e. The summed E-state index contributed by atoms with van der Waals surface area (Å²) in [5, 5.41) is 38.3. The number of allylic oxidation sites excluding steroid dienone is 1. The van der Waals surface area contributed by atoms with E-state index in [2.05, 4.69) is 13.8 Å². The molecule has 0 bridgehead atoms. The molecule has 2 rings (SSSR count). The molecule has 4 N–H and O–H groups in total. The number of rotatable bonds is 7. The van der Waals surface area contributed by atoms with Crippen molar-refractivity contribution in [3.63, 3.8) is 0 Å². The van der Waals surface area contributed by atoms with Crippen molar-refractivity contribution in [2.75, 3.05) is 19.8 Å². The average molecular weight is 352 g/mol. The molecule has 5 heteroatoms. The van der Waals surface area contributed by atoms with Crippen LogP contribution in [0.3, 0.4) is 0 Å². The largest absolute Gasteiger partial charge is 0.478 e.